The molecule has 2 rings (SSSR count). The number of nitrogens with one attached hydrogen (secondary N) is 2. The van der Waals surface area contributed by atoms with Crippen LogP contribution in [0.2, 0.25) is 5.02 Å². The lowest BCUT2D eigenvalue weighted by Crippen LogP contribution is -2.42. The van der Waals surface area contributed by atoms with E-state index in [-0.39, 0.29) is 29.9 Å². The first-order valence-electron chi connectivity index (χ1n) is 7.33. The lowest BCUT2D eigenvalue weighted by atomic mass is 10.3. The van der Waals surface area contributed by atoms with Gasteiger partial charge in [-0.15, -0.1) is 0 Å². The van der Waals surface area contributed by atoms with Crippen LogP contribution in [0.1, 0.15) is 17.4 Å². The van der Waals surface area contributed by atoms with Gasteiger partial charge < -0.3 is 9.88 Å². The number of benzene rings is 1. The summed E-state index contributed by atoms with van der Waals surface area (Å²) in [4.78, 5) is 11.8. The fourth-order valence-corrected chi connectivity index (χ4v) is 3.52. The van der Waals surface area contributed by atoms with Gasteiger partial charge in [-0.25, -0.2) is 12.8 Å². The van der Waals surface area contributed by atoms with Gasteiger partial charge in [0.15, 0.2) is 0 Å². The van der Waals surface area contributed by atoms with Gasteiger partial charge in [0.25, 0.3) is 5.91 Å². The average molecular weight is 462 g/mol. The highest BCUT2D eigenvalue weighted by atomic mass is 35.5. The summed E-state index contributed by atoms with van der Waals surface area (Å²) in [5.41, 5.74) is 0.0105. The zero-order chi connectivity index (χ0) is 20.6. The van der Waals surface area contributed by atoms with E-state index in [1.54, 1.807) is 0 Å². The Bertz CT molecular complexity index is 977. The highest BCUT2D eigenvalue weighted by molar-refractivity contribution is 7.89. The molecule has 0 aliphatic rings. The molecular weight excluding hydrogens is 446 g/mol. The van der Waals surface area contributed by atoms with Gasteiger partial charge in [-0.2, -0.15) is 31.4 Å². The van der Waals surface area contributed by atoms with Crippen LogP contribution < -0.4 is 10.0 Å². The number of hydrogen-bond acceptors (Lipinski definition) is 3. The Morgan fingerprint density at radius 3 is 2.39 bits per heavy atom. The number of halogens is 5. The summed E-state index contributed by atoms with van der Waals surface area (Å²) in [6.07, 6.45) is -3.76. The van der Waals surface area contributed by atoms with Crippen molar-refractivity contribution in [3.63, 3.8) is 0 Å². The highest BCUT2D eigenvalue weighted by Crippen LogP contribution is 2.23. The smallest absolute Gasteiger partial charge is 0.345 e. The number of nitrogens with zero attached hydrogens (tertiary/aromatic N) is 1. The van der Waals surface area contributed by atoms with Crippen LogP contribution in [0.4, 0.5) is 23.2 Å². The normalized spacial score (nSPS) is 13.0. The van der Waals surface area contributed by atoms with Crippen molar-refractivity contribution >= 4 is 46.7 Å². The lowest BCUT2D eigenvalue weighted by molar-refractivity contribution is -0.147. The number of aryl methyl sites for hydroxylation is 1. The van der Waals surface area contributed by atoms with Gasteiger partial charge in [-0.1, -0.05) is 11.6 Å². The maximum Gasteiger partial charge on any atom is 0.404 e. The third kappa shape index (κ3) is 5.63. The molecule has 0 saturated heterocycles. The van der Waals surface area contributed by atoms with E-state index < -0.39 is 38.9 Å². The number of alkyl halides is 3. The van der Waals surface area contributed by atoms with E-state index >= 15 is 0 Å². The van der Waals surface area contributed by atoms with Crippen LogP contribution in [0.25, 0.3) is 0 Å². The molecule has 1 aromatic carbocycles. The van der Waals surface area contributed by atoms with Gasteiger partial charge in [0.1, 0.15) is 22.4 Å². The van der Waals surface area contributed by atoms with E-state index in [1.807, 2.05) is 0 Å². The van der Waals surface area contributed by atoms with E-state index in [2.05, 4.69) is 5.32 Å². The SMILES string of the molecule is C[C@H](NS(=O)(=O)c1cc(C(=O)Nc2ccc(F)c(Cl)c2)n(C)c1)C(F)(F)F.S. The fraction of sp³-hybridized carbons (Fsp3) is 0.267. The van der Waals surface area contributed by atoms with Crippen molar-refractivity contribution in [1.29, 1.82) is 0 Å². The minimum absolute atomic E-state index is 0. The topological polar surface area (TPSA) is 80.2 Å². The first-order valence-corrected chi connectivity index (χ1v) is 9.19. The maximum absolute atomic E-state index is 13.1. The largest absolute Gasteiger partial charge is 0.404 e. The van der Waals surface area contributed by atoms with Crippen molar-refractivity contribution in [3.8, 4) is 0 Å². The predicted octanol–water partition coefficient (Wildman–Crippen LogP) is 3.41. The van der Waals surface area contributed by atoms with Crippen LogP contribution in [0, 0.1) is 5.82 Å². The molecule has 0 aliphatic heterocycles. The second kappa shape index (κ2) is 8.72. The van der Waals surface area contributed by atoms with Crippen molar-refractivity contribution < 1.29 is 30.8 Å². The second-order valence-electron chi connectivity index (χ2n) is 5.64. The molecule has 0 fully saturated rings. The Hall–Kier alpha value is -1.76. The second-order valence-corrected chi connectivity index (χ2v) is 7.76. The molecule has 156 valence electrons. The summed E-state index contributed by atoms with van der Waals surface area (Å²) >= 11 is 5.61. The monoisotopic (exact) mass is 461 g/mol. The Morgan fingerprint density at radius 1 is 1.25 bits per heavy atom. The van der Waals surface area contributed by atoms with Gasteiger partial charge in [0.2, 0.25) is 10.0 Å². The number of anilines is 1. The zero-order valence-electron chi connectivity index (χ0n) is 14.4. The number of aromatic nitrogens is 1. The minimum Gasteiger partial charge on any atom is -0.345 e. The van der Waals surface area contributed by atoms with Crippen LogP contribution >= 0.6 is 25.1 Å². The molecule has 1 aromatic heterocycles. The van der Waals surface area contributed by atoms with Gasteiger partial charge in [0, 0.05) is 18.9 Å². The summed E-state index contributed by atoms with van der Waals surface area (Å²) in [6.45, 7) is 0.659. The molecule has 6 nitrogen and oxygen atoms in total. The fourth-order valence-electron chi connectivity index (χ4n) is 2.04. The van der Waals surface area contributed by atoms with Crippen LogP contribution in [0.5, 0.6) is 0 Å². The van der Waals surface area contributed by atoms with Gasteiger partial charge in [-0.05, 0) is 31.2 Å². The van der Waals surface area contributed by atoms with Crippen LogP contribution in [0.3, 0.4) is 0 Å². The molecule has 0 bridgehead atoms. The molecule has 1 amide bonds. The standard InChI is InChI=1S/C15H14ClF4N3O3S.H2S/c1-8(15(18,19)20)22-27(25,26)10-6-13(23(2)7-10)14(24)21-9-3-4-12(17)11(16)5-9;/h3-8,22H,1-2H3,(H,21,24);1H2/t8-;/m0./s1. The quantitative estimate of drug-likeness (QED) is 0.670. The molecule has 0 saturated carbocycles. The lowest BCUT2D eigenvalue weighted by Gasteiger charge is -2.16. The third-order valence-electron chi connectivity index (χ3n) is 3.52. The summed E-state index contributed by atoms with van der Waals surface area (Å²) < 4.78 is 77.7. The van der Waals surface area contributed by atoms with Crippen LogP contribution in [-0.4, -0.2) is 31.1 Å². The van der Waals surface area contributed by atoms with Crippen molar-refractivity contribution in [2.24, 2.45) is 7.05 Å². The van der Waals surface area contributed by atoms with Gasteiger partial charge >= 0.3 is 6.18 Å². The molecule has 2 aromatic rings. The summed E-state index contributed by atoms with van der Waals surface area (Å²) in [5.74, 6) is -1.45. The summed E-state index contributed by atoms with van der Waals surface area (Å²) in [6, 6.07) is 2.04. The van der Waals surface area contributed by atoms with Crippen molar-refractivity contribution in [2.75, 3.05) is 5.32 Å². The third-order valence-corrected chi connectivity index (χ3v) is 5.32. The van der Waals surface area contributed by atoms with Gasteiger partial charge in [0.05, 0.1) is 5.02 Å². The Balaban J connectivity index is 0.00000392. The molecule has 1 atom stereocenters. The molecule has 0 unspecified atom stereocenters. The molecule has 28 heavy (non-hydrogen) atoms. The Morgan fingerprint density at radius 2 is 1.86 bits per heavy atom. The van der Waals surface area contributed by atoms with E-state index in [4.69, 9.17) is 11.6 Å². The Kier molecular flexibility index (Phi) is 7.56. The molecular formula is C15H16ClF4N3O3S2. The number of carbonyl (C=O) groups excluding carboxylic acids is 1. The molecule has 0 aliphatic carbocycles. The van der Waals surface area contributed by atoms with E-state index in [9.17, 15) is 30.8 Å². The molecule has 0 spiro atoms. The highest BCUT2D eigenvalue weighted by Gasteiger charge is 2.39. The van der Waals surface area contributed by atoms with E-state index in [0.29, 0.717) is 6.92 Å². The summed E-state index contributed by atoms with van der Waals surface area (Å²) in [7, 11) is -3.16. The van der Waals surface area contributed by atoms with Gasteiger partial charge in [-0.3, -0.25) is 4.79 Å². The minimum atomic E-state index is -4.76. The first kappa shape index (κ1) is 24.3. The van der Waals surface area contributed by atoms with Crippen molar-refractivity contribution in [2.45, 2.75) is 24.0 Å². The molecule has 2 N–H and O–H groups in total. The first-order chi connectivity index (χ1) is 12.3. The molecule has 13 heteroatoms. The average Bonchev–Trinajstić information content (AvgIpc) is 2.92. The number of amides is 1. The van der Waals surface area contributed by atoms with Crippen molar-refractivity contribution in [3.05, 3.63) is 47.0 Å². The number of carbonyl (C=O) groups is 1. The zero-order valence-corrected chi connectivity index (χ0v) is 17.0. The van der Waals surface area contributed by atoms with Crippen molar-refractivity contribution in [1.82, 2.24) is 9.29 Å². The Labute approximate surface area is 170 Å². The maximum atomic E-state index is 13.1. The number of rotatable bonds is 5. The molecule has 0 radical (unpaired) electrons. The van der Waals surface area contributed by atoms with E-state index in [1.165, 1.54) is 17.8 Å². The van der Waals surface area contributed by atoms with Crippen LogP contribution in [0.15, 0.2) is 35.4 Å². The molecule has 1 heterocycles. The summed E-state index contributed by atoms with van der Waals surface area (Å²) in [5, 5.41) is 2.16. The van der Waals surface area contributed by atoms with E-state index in [0.717, 1.165) is 29.0 Å². The van der Waals surface area contributed by atoms with Crippen LogP contribution in [-0.2, 0) is 17.1 Å². The predicted molar refractivity (Wildman–Crippen MR) is 101 cm³/mol. The number of sulfonamides is 1. The number of hydrogen-bond donors (Lipinski definition) is 2.